The van der Waals surface area contributed by atoms with E-state index in [1.165, 1.54) is 6.92 Å². The monoisotopic (exact) mass is 239 g/mol. The zero-order chi connectivity index (χ0) is 12.0. The van der Waals surface area contributed by atoms with Crippen molar-refractivity contribution in [2.75, 3.05) is 5.88 Å². The van der Waals surface area contributed by atoms with Gasteiger partial charge in [0.25, 0.3) is 0 Å². The van der Waals surface area contributed by atoms with E-state index in [9.17, 15) is 9.59 Å². The topological polar surface area (TPSA) is 46.2 Å². The van der Waals surface area contributed by atoms with Crippen molar-refractivity contribution in [1.29, 1.82) is 0 Å². The van der Waals surface area contributed by atoms with Crippen molar-refractivity contribution in [3.63, 3.8) is 0 Å². The molecule has 1 atom stereocenters. The Morgan fingerprint density at radius 3 is 2.44 bits per heavy atom. The minimum atomic E-state index is -0.287. The first-order valence-electron chi connectivity index (χ1n) is 5.03. The van der Waals surface area contributed by atoms with Crippen LogP contribution in [0.2, 0.25) is 0 Å². The molecule has 3 nitrogen and oxygen atoms in total. The number of carbonyl (C=O) groups is 2. The van der Waals surface area contributed by atoms with E-state index in [1.807, 2.05) is 30.3 Å². The molecule has 16 heavy (non-hydrogen) atoms. The smallest absolute Gasteiger partial charge is 0.235 e. The second kappa shape index (κ2) is 6.28. The Kier molecular flexibility index (Phi) is 4.99. The first-order valence-corrected chi connectivity index (χ1v) is 5.56. The molecule has 0 aromatic heterocycles. The van der Waals surface area contributed by atoms with E-state index in [4.69, 9.17) is 11.6 Å². The van der Waals surface area contributed by atoms with Crippen LogP contribution in [-0.2, 0) is 9.59 Å². The number of alkyl halides is 1. The summed E-state index contributed by atoms with van der Waals surface area (Å²) in [5.41, 5.74) is 0.913. The maximum Gasteiger partial charge on any atom is 0.235 e. The predicted octanol–water partition coefficient (Wildman–Crippen LogP) is 2.06. The summed E-state index contributed by atoms with van der Waals surface area (Å²) < 4.78 is 0. The number of hydrogen-bond acceptors (Lipinski definition) is 2. The predicted molar refractivity (Wildman–Crippen MR) is 63.3 cm³/mol. The standard InChI is InChI=1S/C12H14ClNO2/c1-9(15)7-11(14-12(16)8-13)10-5-3-2-4-6-10/h2-6,11H,7-8H2,1H3,(H,14,16)/t11-/m0/s1. The highest BCUT2D eigenvalue weighted by Gasteiger charge is 2.15. The quantitative estimate of drug-likeness (QED) is 0.800. The fraction of sp³-hybridized carbons (Fsp3) is 0.333. The van der Waals surface area contributed by atoms with Crippen molar-refractivity contribution in [3.05, 3.63) is 35.9 Å². The van der Waals surface area contributed by atoms with Gasteiger partial charge in [0.1, 0.15) is 11.7 Å². The van der Waals surface area contributed by atoms with E-state index in [2.05, 4.69) is 5.32 Å². The van der Waals surface area contributed by atoms with E-state index < -0.39 is 0 Å². The van der Waals surface area contributed by atoms with Gasteiger partial charge >= 0.3 is 0 Å². The normalized spacial score (nSPS) is 11.9. The molecule has 0 saturated carbocycles. The van der Waals surface area contributed by atoms with Gasteiger partial charge in [0, 0.05) is 6.42 Å². The van der Waals surface area contributed by atoms with Crippen molar-refractivity contribution in [3.8, 4) is 0 Å². The molecule has 4 heteroatoms. The fourth-order valence-electron chi connectivity index (χ4n) is 1.46. The van der Waals surface area contributed by atoms with E-state index in [-0.39, 0.29) is 30.0 Å². The molecule has 0 unspecified atom stereocenters. The van der Waals surface area contributed by atoms with E-state index in [0.717, 1.165) is 5.56 Å². The second-order valence-corrected chi connectivity index (χ2v) is 3.84. The highest BCUT2D eigenvalue weighted by atomic mass is 35.5. The average Bonchev–Trinajstić information content (AvgIpc) is 2.28. The molecule has 0 aliphatic carbocycles. The summed E-state index contributed by atoms with van der Waals surface area (Å²) >= 11 is 5.42. The van der Waals surface area contributed by atoms with Crippen molar-refractivity contribution in [2.45, 2.75) is 19.4 Å². The van der Waals surface area contributed by atoms with Crippen LogP contribution >= 0.6 is 11.6 Å². The summed E-state index contributed by atoms with van der Waals surface area (Å²) in [7, 11) is 0. The van der Waals surface area contributed by atoms with Gasteiger partial charge in [0.15, 0.2) is 0 Å². The Morgan fingerprint density at radius 2 is 1.94 bits per heavy atom. The van der Waals surface area contributed by atoms with Crippen molar-refractivity contribution >= 4 is 23.3 Å². The lowest BCUT2D eigenvalue weighted by molar-refractivity contribution is -0.120. The molecule has 0 aliphatic rings. The first-order chi connectivity index (χ1) is 7.63. The third-order valence-corrected chi connectivity index (χ3v) is 2.39. The Labute approximate surface area is 99.8 Å². The van der Waals surface area contributed by atoms with Gasteiger partial charge in [0.2, 0.25) is 5.91 Å². The molecule has 1 amide bonds. The number of nitrogens with one attached hydrogen (secondary N) is 1. The number of hydrogen-bond donors (Lipinski definition) is 1. The number of halogens is 1. The third-order valence-electron chi connectivity index (χ3n) is 2.15. The van der Waals surface area contributed by atoms with Crippen LogP contribution in [0.3, 0.4) is 0 Å². The number of benzene rings is 1. The van der Waals surface area contributed by atoms with Gasteiger partial charge in [0.05, 0.1) is 6.04 Å². The van der Waals surface area contributed by atoms with Crippen LogP contribution in [0.4, 0.5) is 0 Å². The highest BCUT2D eigenvalue weighted by molar-refractivity contribution is 6.27. The van der Waals surface area contributed by atoms with Gasteiger partial charge in [-0.25, -0.2) is 0 Å². The van der Waals surface area contributed by atoms with Gasteiger partial charge in [-0.3, -0.25) is 9.59 Å². The Hall–Kier alpha value is -1.35. The van der Waals surface area contributed by atoms with Gasteiger partial charge < -0.3 is 5.32 Å². The molecule has 0 radical (unpaired) electrons. The maximum atomic E-state index is 11.2. The van der Waals surface area contributed by atoms with Crippen molar-refractivity contribution in [1.82, 2.24) is 5.32 Å². The van der Waals surface area contributed by atoms with Gasteiger partial charge in [-0.15, -0.1) is 11.6 Å². The number of ketones is 1. The van der Waals surface area contributed by atoms with Crippen LogP contribution in [0.5, 0.6) is 0 Å². The van der Waals surface area contributed by atoms with Gasteiger partial charge in [-0.2, -0.15) is 0 Å². The summed E-state index contributed by atoms with van der Waals surface area (Å²) in [6.45, 7) is 1.50. The molecule has 0 fully saturated rings. The highest BCUT2D eigenvalue weighted by Crippen LogP contribution is 2.16. The molecule has 1 rings (SSSR count). The largest absolute Gasteiger partial charge is 0.348 e. The molecule has 0 heterocycles. The van der Waals surface area contributed by atoms with E-state index in [0.29, 0.717) is 0 Å². The summed E-state index contributed by atoms with van der Waals surface area (Å²) in [6.07, 6.45) is 0.284. The van der Waals surface area contributed by atoms with Crippen LogP contribution in [0, 0.1) is 0 Å². The molecular weight excluding hydrogens is 226 g/mol. The lowest BCUT2D eigenvalue weighted by Crippen LogP contribution is -2.30. The molecule has 1 aromatic rings. The minimum Gasteiger partial charge on any atom is -0.348 e. The second-order valence-electron chi connectivity index (χ2n) is 3.57. The van der Waals surface area contributed by atoms with Crippen molar-refractivity contribution < 1.29 is 9.59 Å². The first kappa shape index (κ1) is 12.7. The van der Waals surface area contributed by atoms with Gasteiger partial charge in [-0.05, 0) is 12.5 Å². The molecular formula is C12H14ClNO2. The van der Waals surface area contributed by atoms with Crippen LogP contribution in [0.1, 0.15) is 24.9 Å². The SMILES string of the molecule is CC(=O)C[C@H](NC(=O)CCl)c1ccccc1. The summed E-state index contributed by atoms with van der Waals surface area (Å²) in [5, 5.41) is 2.72. The molecule has 0 spiro atoms. The number of amides is 1. The Balaban J connectivity index is 2.79. The molecule has 86 valence electrons. The zero-order valence-electron chi connectivity index (χ0n) is 9.07. The van der Waals surface area contributed by atoms with E-state index in [1.54, 1.807) is 0 Å². The fourth-order valence-corrected chi connectivity index (χ4v) is 1.54. The summed E-state index contributed by atoms with van der Waals surface area (Å²) in [4.78, 5) is 22.3. The molecule has 0 aliphatic heterocycles. The molecule has 1 aromatic carbocycles. The average molecular weight is 240 g/mol. The third kappa shape index (κ3) is 4.03. The summed E-state index contributed by atoms with van der Waals surface area (Å²) in [5.74, 6) is -0.332. The lowest BCUT2D eigenvalue weighted by atomic mass is 10.0. The van der Waals surface area contributed by atoms with Crippen LogP contribution in [0.25, 0.3) is 0 Å². The van der Waals surface area contributed by atoms with Crippen LogP contribution in [0.15, 0.2) is 30.3 Å². The molecule has 1 N–H and O–H groups in total. The minimum absolute atomic E-state index is 0.0312. The van der Waals surface area contributed by atoms with E-state index >= 15 is 0 Å². The maximum absolute atomic E-state index is 11.2. The lowest BCUT2D eigenvalue weighted by Gasteiger charge is -2.17. The number of Topliss-reactive ketones (excluding diaryl/α,β-unsaturated/α-hetero) is 1. The number of rotatable bonds is 5. The van der Waals surface area contributed by atoms with Crippen molar-refractivity contribution in [2.24, 2.45) is 0 Å². The molecule has 0 saturated heterocycles. The Morgan fingerprint density at radius 1 is 1.31 bits per heavy atom. The summed E-state index contributed by atoms with van der Waals surface area (Å²) in [6, 6.07) is 9.09. The Bertz CT molecular complexity index is 365. The van der Waals surface area contributed by atoms with Crippen LogP contribution in [-0.4, -0.2) is 17.6 Å². The van der Waals surface area contributed by atoms with Gasteiger partial charge in [-0.1, -0.05) is 30.3 Å². The number of carbonyl (C=O) groups excluding carboxylic acids is 2. The molecule has 0 bridgehead atoms. The zero-order valence-corrected chi connectivity index (χ0v) is 9.83. The van der Waals surface area contributed by atoms with Crippen LogP contribution < -0.4 is 5.32 Å².